The van der Waals surface area contributed by atoms with Crippen molar-refractivity contribution in [2.75, 3.05) is 6.61 Å². The molecule has 0 fully saturated rings. The van der Waals surface area contributed by atoms with Crippen LogP contribution in [0.1, 0.15) is 46.6 Å². The summed E-state index contributed by atoms with van der Waals surface area (Å²) in [7, 11) is 0. The maximum Gasteiger partial charge on any atom is 0.407 e. The van der Waals surface area contributed by atoms with Crippen LogP contribution in [-0.2, 0) is 11.3 Å². The minimum atomic E-state index is -0.544. The third-order valence-corrected chi connectivity index (χ3v) is 5.16. The Bertz CT molecular complexity index is 909. The number of amides is 1. The number of carbonyl (C=O) groups is 1. The van der Waals surface area contributed by atoms with Gasteiger partial charge in [0.15, 0.2) is 0 Å². The van der Waals surface area contributed by atoms with Gasteiger partial charge in [-0.2, -0.15) is 0 Å². The summed E-state index contributed by atoms with van der Waals surface area (Å²) in [4.78, 5) is 16.4. The number of nitrogens with one attached hydrogen (secondary N) is 1. The monoisotopic (exact) mass is 476 g/mol. The standard InChI is InChI=1S/C23H29BrN2O4/c1-14(2)8-16(26-22(27)30-23(3,4)5)13-29-21-10-20-17(9-19(21)24)18-11-25-7-6-15(18)12-28-20/h6-7,9-11,14,16H,8,12-13H2,1-5H3,(H,26,27). The third-order valence-electron chi connectivity index (χ3n) is 4.54. The number of halogens is 1. The van der Waals surface area contributed by atoms with E-state index in [2.05, 4.69) is 40.1 Å². The van der Waals surface area contributed by atoms with Crippen molar-refractivity contribution in [3.63, 3.8) is 0 Å². The Morgan fingerprint density at radius 1 is 1.30 bits per heavy atom. The predicted molar refractivity (Wildman–Crippen MR) is 120 cm³/mol. The summed E-state index contributed by atoms with van der Waals surface area (Å²) in [6.45, 7) is 10.6. The number of nitrogens with zero attached hydrogens (tertiary/aromatic N) is 1. The molecule has 1 N–H and O–H groups in total. The molecular weight excluding hydrogens is 448 g/mol. The molecule has 1 unspecified atom stereocenters. The van der Waals surface area contributed by atoms with Crippen LogP contribution < -0.4 is 14.8 Å². The van der Waals surface area contributed by atoms with E-state index in [1.807, 2.05) is 45.2 Å². The fraction of sp³-hybridized carbons (Fsp3) is 0.478. The molecule has 1 aromatic carbocycles. The molecule has 1 atom stereocenters. The van der Waals surface area contributed by atoms with E-state index >= 15 is 0 Å². The predicted octanol–water partition coefficient (Wildman–Crippen LogP) is 5.72. The van der Waals surface area contributed by atoms with Crippen molar-refractivity contribution in [1.82, 2.24) is 10.3 Å². The molecular formula is C23H29BrN2O4. The van der Waals surface area contributed by atoms with Gasteiger partial charge in [0.25, 0.3) is 0 Å². The van der Waals surface area contributed by atoms with Crippen molar-refractivity contribution in [2.45, 2.75) is 59.3 Å². The summed E-state index contributed by atoms with van der Waals surface area (Å²) in [5.74, 6) is 1.82. The molecule has 30 heavy (non-hydrogen) atoms. The molecule has 6 nitrogen and oxygen atoms in total. The molecule has 1 aliphatic heterocycles. The van der Waals surface area contributed by atoms with E-state index in [4.69, 9.17) is 14.2 Å². The SMILES string of the molecule is CC(C)CC(COc1cc2c(cc1Br)-c1cnccc1CO2)NC(=O)OC(C)(C)C. The highest BCUT2D eigenvalue weighted by atomic mass is 79.9. The molecule has 0 spiro atoms. The lowest BCUT2D eigenvalue weighted by atomic mass is 9.99. The van der Waals surface area contributed by atoms with E-state index < -0.39 is 11.7 Å². The van der Waals surface area contributed by atoms with Crippen LogP contribution in [-0.4, -0.2) is 29.3 Å². The lowest BCUT2D eigenvalue weighted by Crippen LogP contribution is -2.42. The molecule has 2 heterocycles. The lowest BCUT2D eigenvalue weighted by molar-refractivity contribution is 0.0480. The van der Waals surface area contributed by atoms with Gasteiger partial charge < -0.3 is 19.5 Å². The average molecular weight is 477 g/mol. The van der Waals surface area contributed by atoms with Gasteiger partial charge in [0, 0.05) is 35.2 Å². The molecule has 1 aliphatic rings. The van der Waals surface area contributed by atoms with E-state index in [-0.39, 0.29) is 6.04 Å². The minimum Gasteiger partial charge on any atom is -0.490 e. The van der Waals surface area contributed by atoms with Crippen LogP contribution in [0, 0.1) is 5.92 Å². The smallest absolute Gasteiger partial charge is 0.407 e. The van der Waals surface area contributed by atoms with Crippen LogP contribution in [0.2, 0.25) is 0 Å². The summed E-state index contributed by atoms with van der Waals surface area (Å²) in [6, 6.07) is 5.67. The second-order valence-electron chi connectivity index (χ2n) is 8.88. The van der Waals surface area contributed by atoms with Gasteiger partial charge >= 0.3 is 6.09 Å². The number of carbonyl (C=O) groups excluding carboxylic acids is 1. The van der Waals surface area contributed by atoms with Crippen molar-refractivity contribution < 1.29 is 19.0 Å². The summed E-state index contributed by atoms with van der Waals surface area (Å²) >= 11 is 3.61. The Balaban J connectivity index is 1.72. The largest absolute Gasteiger partial charge is 0.490 e. The second kappa shape index (κ2) is 9.25. The zero-order chi connectivity index (χ0) is 21.9. The molecule has 1 aromatic heterocycles. The fourth-order valence-corrected chi connectivity index (χ4v) is 3.78. The third kappa shape index (κ3) is 5.88. The number of fused-ring (bicyclic) bond motifs is 3. The van der Waals surface area contributed by atoms with Gasteiger partial charge in [-0.15, -0.1) is 0 Å². The molecule has 3 rings (SSSR count). The molecule has 2 aromatic rings. The number of pyridine rings is 1. The van der Waals surface area contributed by atoms with E-state index in [1.165, 1.54) is 0 Å². The minimum absolute atomic E-state index is 0.173. The van der Waals surface area contributed by atoms with Crippen LogP contribution >= 0.6 is 15.9 Å². The number of hydrogen-bond acceptors (Lipinski definition) is 5. The first kappa shape index (κ1) is 22.4. The number of benzene rings is 1. The molecule has 0 aliphatic carbocycles. The van der Waals surface area contributed by atoms with Crippen LogP contribution in [0.25, 0.3) is 11.1 Å². The van der Waals surface area contributed by atoms with Crippen LogP contribution in [0.5, 0.6) is 11.5 Å². The van der Waals surface area contributed by atoms with Crippen molar-refractivity contribution in [2.24, 2.45) is 5.92 Å². The highest BCUT2D eigenvalue weighted by Crippen LogP contribution is 2.42. The van der Waals surface area contributed by atoms with E-state index in [0.29, 0.717) is 24.9 Å². The highest BCUT2D eigenvalue weighted by Gasteiger charge is 2.23. The maximum absolute atomic E-state index is 12.2. The Morgan fingerprint density at radius 3 is 2.77 bits per heavy atom. The van der Waals surface area contributed by atoms with E-state index in [0.717, 1.165) is 33.3 Å². The van der Waals surface area contributed by atoms with Crippen LogP contribution in [0.15, 0.2) is 35.1 Å². The fourth-order valence-electron chi connectivity index (χ4n) is 3.32. The summed E-state index contributed by atoms with van der Waals surface area (Å²) in [5, 5.41) is 2.93. The Hall–Kier alpha value is -2.28. The summed E-state index contributed by atoms with van der Waals surface area (Å²) in [5.41, 5.74) is 2.61. The van der Waals surface area contributed by atoms with Gasteiger partial charge in [-0.1, -0.05) is 13.8 Å². The first-order valence-electron chi connectivity index (χ1n) is 10.1. The average Bonchev–Trinajstić information content (AvgIpc) is 2.64. The molecule has 162 valence electrons. The number of rotatable bonds is 6. The Labute approximate surface area is 186 Å². The molecule has 1 amide bonds. The van der Waals surface area contributed by atoms with Crippen molar-refractivity contribution in [1.29, 1.82) is 0 Å². The van der Waals surface area contributed by atoms with Gasteiger partial charge in [-0.25, -0.2) is 4.79 Å². The second-order valence-corrected chi connectivity index (χ2v) is 9.74. The van der Waals surface area contributed by atoms with Gasteiger partial charge in [0.2, 0.25) is 0 Å². The maximum atomic E-state index is 12.2. The normalized spacial score (nSPS) is 13.7. The van der Waals surface area contributed by atoms with Crippen LogP contribution in [0.3, 0.4) is 0 Å². The first-order valence-corrected chi connectivity index (χ1v) is 10.9. The number of aromatic nitrogens is 1. The quantitative estimate of drug-likeness (QED) is 0.576. The van der Waals surface area contributed by atoms with Crippen LogP contribution in [0.4, 0.5) is 4.79 Å². The van der Waals surface area contributed by atoms with Crippen molar-refractivity contribution in [3.8, 4) is 22.6 Å². The molecule has 0 saturated heterocycles. The van der Waals surface area contributed by atoms with Crippen molar-refractivity contribution in [3.05, 3.63) is 40.6 Å². The Kier molecular flexibility index (Phi) is 6.91. The first-order chi connectivity index (χ1) is 14.1. The highest BCUT2D eigenvalue weighted by molar-refractivity contribution is 9.10. The summed E-state index contributed by atoms with van der Waals surface area (Å²) in [6.07, 6.45) is 3.96. The van der Waals surface area contributed by atoms with Gasteiger partial charge in [-0.3, -0.25) is 4.98 Å². The van der Waals surface area contributed by atoms with Gasteiger partial charge in [-0.05, 0) is 61.2 Å². The van der Waals surface area contributed by atoms with E-state index in [9.17, 15) is 4.79 Å². The van der Waals surface area contributed by atoms with E-state index in [1.54, 1.807) is 6.20 Å². The molecule has 0 radical (unpaired) electrons. The summed E-state index contributed by atoms with van der Waals surface area (Å²) < 4.78 is 18.2. The molecule has 0 saturated carbocycles. The zero-order valence-electron chi connectivity index (χ0n) is 18.1. The molecule has 7 heteroatoms. The number of ether oxygens (including phenoxy) is 3. The number of hydrogen-bond donors (Lipinski definition) is 1. The van der Waals surface area contributed by atoms with Gasteiger partial charge in [0.1, 0.15) is 30.3 Å². The topological polar surface area (TPSA) is 69.7 Å². The number of alkyl carbamates (subject to hydrolysis) is 1. The zero-order valence-corrected chi connectivity index (χ0v) is 19.7. The Morgan fingerprint density at radius 2 is 2.07 bits per heavy atom. The lowest BCUT2D eigenvalue weighted by Gasteiger charge is -2.25. The van der Waals surface area contributed by atoms with Gasteiger partial charge in [0.05, 0.1) is 10.5 Å². The molecule has 0 bridgehead atoms. The van der Waals surface area contributed by atoms with Crippen molar-refractivity contribution >= 4 is 22.0 Å².